The Morgan fingerprint density at radius 2 is 1.97 bits per heavy atom. The average Bonchev–Trinajstić information content (AvgIpc) is 3.31. The molecule has 1 fully saturated rings. The molecule has 1 saturated heterocycles. The van der Waals surface area contributed by atoms with E-state index in [1.807, 2.05) is 32.0 Å². The molecule has 148 valence electrons. The Labute approximate surface area is 171 Å². The van der Waals surface area contributed by atoms with Crippen molar-refractivity contribution in [3.05, 3.63) is 70.0 Å². The fraction of sp³-hybridized carbons (Fsp3) is 0.238. The molecule has 6 nitrogen and oxygen atoms in total. The van der Waals surface area contributed by atoms with E-state index in [9.17, 15) is 14.0 Å². The van der Waals surface area contributed by atoms with Crippen LogP contribution in [0.25, 0.3) is 0 Å². The number of nitrogens with one attached hydrogen (secondary N) is 1. The fourth-order valence-corrected chi connectivity index (χ4v) is 4.11. The second-order valence-electron chi connectivity index (χ2n) is 7.05. The lowest BCUT2D eigenvalue weighted by atomic mass is 10.1. The summed E-state index contributed by atoms with van der Waals surface area (Å²) in [7, 11) is 0. The molecule has 1 aliphatic rings. The predicted molar refractivity (Wildman–Crippen MR) is 110 cm³/mol. The van der Waals surface area contributed by atoms with Gasteiger partial charge in [0.05, 0.1) is 5.56 Å². The lowest BCUT2D eigenvalue weighted by molar-refractivity contribution is -0.117. The SMILES string of the molecule is Cc1ccc(N2CC(c3nnc(NC(=O)c4ccccc4F)s3)CC2=O)cc1C. The van der Waals surface area contributed by atoms with Crippen molar-refractivity contribution in [2.45, 2.75) is 26.2 Å². The summed E-state index contributed by atoms with van der Waals surface area (Å²) >= 11 is 1.21. The molecule has 0 spiro atoms. The summed E-state index contributed by atoms with van der Waals surface area (Å²) in [4.78, 5) is 26.5. The Balaban J connectivity index is 1.47. The summed E-state index contributed by atoms with van der Waals surface area (Å²) in [5, 5.41) is 11.7. The first kappa shape index (κ1) is 19.2. The Kier molecular flexibility index (Phi) is 5.10. The highest BCUT2D eigenvalue weighted by atomic mass is 32.1. The molecule has 0 saturated carbocycles. The number of carbonyl (C=O) groups is 2. The zero-order chi connectivity index (χ0) is 20.5. The summed E-state index contributed by atoms with van der Waals surface area (Å²) in [6.07, 6.45) is 0.336. The lowest BCUT2D eigenvalue weighted by Gasteiger charge is -2.17. The summed E-state index contributed by atoms with van der Waals surface area (Å²) in [6, 6.07) is 11.7. The molecule has 1 aromatic heterocycles. The van der Waals surface area contributed by atoms with Crippen LogP contribution < -0.4 is 10.2 Å². The minimum atomic E-state index is -0.597. The van der Waals surface area contributed by atoms with Crippen molar-refractivity contribution in [1.82, 2.24) is 10.2 Å². The maximum Gasteiger partial charge on any atom is 0.260 e. The Bertz CT molecular complexity index is 1100. The van der Waals surface area contributed by atoms with E-state index in [4.69, 9.17) is 0 Å². The van der Waals surface area contributed by atoms with Gasteiger partial charge in [0.2, 0.25) is 11.0 Å². The molecular weight excluding hydrogens is 391 g/mol. The summed E-state index contributed by atoms with van der Waals surface area (Å²) < 4.78 is 13.8. The molecule has 0 aliphatic carbocycles. The van der Waals surface area contributed by atoms with E-state index < -0.39 is 11.7 Å². The molecule has 0 radical (unpaired) electrons. The van der Waals surface area contributed by atoms with Gasteiger partial charge >= 0.3 is 0 Å². The molecule has 4 rings (SSSR count). The zero-order valence-corrected chi connectivity index (χ0v) is 16.8. The van der Waals surface area contributed by atoms with Crippen LogP contribution in [0.4, 0.5) is 15.2 Å². The van der Waals surface area contributed by atoms with Gasteiger partial charge in [0.15, 0.2) is 0 Å². The van der Waals surface area contributed by atoms with Crippen LogP contribution in [0.1, 0.15) is 38.8 Å². The highest BCUT2D eigenvalue weighted by Gasteiger charge is 2.34. The molecule has 1 N–H and O–H groups in total. The number of amides is 2. The van der Waals surface area contributed by atoms with Gasteiger partial charge in [-0.2, -0.15) is 0 Å². The third-order valence-electron chi connectivity index (χ3n) is 5.06. The smallest absolute Gasteiger partial charge is 0.260 e. The van der Waals surface area contributed by atoms with Crippen LogP contribution in [-0.2, 0) is 4.79 Å². The third kappa shape index (κ3) is 3.88. The van der Waals surface area contributed by atoms with Crippen molar-refractivity contribution >= 4 is 34.0 Å². The van der Waals surface area contributed by atoms with Gasteiger partial charge in [-0.25, -0.2) is 4.39 Å². The monoisotopic (exact) mass is 410 g/mol. The third-order valence-corrected chi connectivity index (χ3v) is 6.06. The molecule has 29 heavy (non-hydrogen) atoms. The standard InChI is InChI=1S/C21H19FN4O2S/c1-12-7-8-15(9-13(12)2)26-11-14(10-18(26)27)20-24-25-21(29-20)23-19(28)16-5-3-4-6-17(16)22/h3-9,14H,10-11H2,1-2H3,(H,23,25,28). The van der Waals surface area contributed by atoms with Crippen molar-refractivity contribution in [1.29, 1.82) is 0 Å². The van der Waals surface area contributed by atoms with Crippen molar-refractivity contribution < 1.29 is 14.0 Å². The van der Waals surface area contributed by atoms with E-state index >= 15 is 0 Å². The minimum absolute atomic E-state index is 0.0328. The number of benzene rings is 2. The highest BCUT2D eigenvalue weighted by molar-refractivity contribution is 7.15. The molecular formula is C21H19FN4O2S. The number of aryl methyl sites for hydroxylation is 2. The number of hydrogen-bond acceptors (Lipinski definition) is 5. The molecule has 1 aliphatic heterocycles. The fourth-order valence-electron chi connectivity index (χ4n) is 3.28. The zero-order valence-electron chi connectivity index (χ0n) is 16.0. The molecule has 1 unspecified atom stereocenters. The van der Waals surface area contributed by atoms with Crippen LogP contribution in [0.5, 0.6) is 0 Å². The van der Waals surface area contributed by atoms with E-state index in [1.54, 1.807) is 11.0 Å². The van der Waals surface area contributed by atoms with Gasteiger partial charge in [-0.3, -0.25) is 14.9 Å². The van der Waals surface area contributed by atoms with Crippen LogP contribution in [0.3, 0.4) is 0 Å². The molecule has 0 bridgehead atoms. The first-order valence-corrected chi connectivity index (χ1v) is 10.0. The lowest BCUT2D eigenvalue weighted by Crippen LogP contribution is -2.24. The molecule has 8 heteroatoms. The van der Waals surface area contributed by atoms with E-state index in [-0.39, 0.29) is 22.5 Å². The van der Waals surface area contributed by atoms with Crippen molar-refractivity contribution in [3.63, 3.8) is 0 Å². The van der Waals surface area contributed by atoms with Crippen LogP contribution in [0.15, 0.2) is 42.5 Å². The molecule has 2 heterocycles. The predicted octanol–water partition coefficient (Wildman–Crippen LogP) is 4.07. The van der Waals surface area contributed by atoms with Crippen molar-refractivity contribution in [3.8, 4) is 0 Å². The second-order valence-corrected chi connectivity index (χ2v) is 8.06. The number of aromatic nitrogens is 2. The first-order chi connectivity index (χ1) is 13.9. The number of nitrogens with zero attached hydrogens (tertiary/aromatic N) is 3. The van der Waals surface area contributed by atoms with Gasteiger partial charge in [0, 0.05) is 24.6 Å². The Morgan fingerprint density at radius 3 is 2.72 bits per heavy atom. The van der Waals surface area contributed by atoms with E-state index in [2.05, 4.69) is 15.5 Å². The number of hydrogen-bond donors (Lipinski definition) is 1. The first-order valence-electron chi connectivity index (χ1n) is 9.19. The van der Waals surface area contributed by atoms with Crippen LogP contribution in [0.2, 0.25) is 0 Å². The average molecular weight is 410 g/mol. The van der Waals surface area contributed by atoms with Crippen LogP contribution >= 0.6 is 11.3 Å². The molecule has 2 amide bonds. The second kappa shape index (κ2) is 7.71. The summed E-state index contributed by atoms with van der Waals surface area (Å²) in [6.45, 7) is 4.56. The maximum absolute atomic E-state index is 13.8. The topological polar surface area (TPSA) is 75.2 Å². The number of anilines is 2. The quantitative estimate of drug-likeness (QED) is 0.704. The molecule has 3 aromatic rings. The van der Waals surface area contributed by atoms with Crippen molar-refractivity contribution in [2.75, 3.05) is 16.8 Å². The van der Waals surface area contributed by atoms with Crippen LogP contribution in [-0.4, -0.2) is 28.6 Å². The summed E-state index contributed by atoms with van der Waals surface area (Å²) in [5.41, 5.74) is 3.13. The van der Waals surface area contributed by atoms with Gasteiger partial charge < -0.3 is 4.90 Å². The van der Waals surface area contributed by atoms with Gasteiger partial charge in [-0.1, -0.05) is 29.5 Å². The molecule has 2 aromatic carbocycles. The largest absolute Gasteiger partial charge is 0.312 e. The number of carbonyl (C=O) groups excluding carboxylic acids is 2. The van der Waals surface area contributed by atoms with E-state index in [0.717, 1.165) is 11.3 Å². The normalized spacial score (nSPS) is 16.3. The van der Waals surface area contributed by atoms with E-state index in [0.29, 0.717) is 18.0 Å². The van der Waals surface area contributed by atoms with Crippen LogP contribution in [0, 0.1) is 19.7 Å². The van der Waals surface area contributed by atoms with Gasteiger partial charge in [-0.15, -0.1) is 10.2 Å². The van der Waals surface area contributed by atoms with E-state index in [1.165, 1.54) is 35.1 Å². The number of rotatable bonds is 4. The maximum atomic E-state index is 13.8. The summed E-state index contributed by atoms with van der Waals surface area (Å²) in [5.74, 6) is -1.24. The Morgan fingerprint density at radius 1 is 1.17 bits per heavy atom. The van der Waals surface area contributed by atoms with Gasteiger partial charge in [0.1, 0.15) is 10.8 Å². The van der Waals surface area contributed by atoms with Crippen molar-refractivity contribution in [2.24, 2.45) is 0 Å². The Hall–Kier alpha value is -3.13. The van der Waals surface area contributed by atoms with Gasteiger partial charge in [0.25, 0.3) is 5.91 Å². The number of halogens is 1. The molecule has 1 atom stereocenters. The van der Waals surface area contributed by atoms with Gasteiger partial charge in [-0.05, 0) is 49.2 Å². The minimum Gasteiger partial charge on any atom is -0.312 e. The highest BCUT2D eigenvalue weighted by Crippen LogP contribution is 2.34.